The lowest BCUT2D eigenvalue weighted by molar-refractivity contribution is -0.665. The van der Waals surface area contributed by atoms with Crippen molar-refractivity contribution in [2.45, 2.75) is 34.1 Å². The highest BCUT2D eigenvalue weighted by Gasteiger charge is 2.25. The first-order valence-electron chi connectivity index (χ1n) is 15.8. The molecule has 4 heteroatoms. The van der Waals surface area contributed by atoms with Crippen LogP contribution in [-0.2, 0) is 20.5 Å². The third-order valence-corrected chi connectivity index (χ3v) is 9.67. The quantitative estimate of drug-likeness (QED) is 0.185. The molecule has 4 aromatic carbocycles. The van der Waals surface area contributed by atoms with Gasteiger partial charge in [-0.05, 0) is 104 Å². The highest BCUT2D eigenvalue weighted by atomic mass is 15.1. The van der Waals surface area contributed by atoms with Gasteiger partial charge in [0.25, 0.3) is 11.6 Å². The van der Waals surface area contributed by atoms with Crippen molar-refractivity contribution in [2.75, 3.05) is 0 Å². The van der Waals surface area contributed by atoms with Crippen LogP contribution in [0.15, 0.2) is 109 Å². The summed E-state index contributed by atoms with van der Waals surface area (Å²) in [5.74, 6) is 2.35. The van der Waals surface area contributed by atoms with Gasteiger partial charge in [-0.2, -0.15) is 9.13 Å². The van der Waals surface area contributed by atoms with Crippen LogP contribution in [-0.4, -0.2) is 9.13 Å². The number of nitrogens with zero attached hydrogens (tertiary/aromatic N) is 4. The predicted molar refractivity (Wildman–Crippen MR) is 186 cm³/mol. The van der Waals surface area contributed by atoms with Crippen LogP contribution in [0.3, 0.4) is 0 Å². The zero-order valence-electron chi connectivity index (χ0n) is 26.9. The number of benzene rings is 4. The Bertz CT molecular complexity index is 2470. The van der Waals surface area contributed by atoms with Crippen LogP contribution >= 0.6 is 0 Å². The topological polar surface area (TPSA) is 17.6 Å². The van der Waals surface area contributed by atoms with Gasteiger partial charge in [0.1, 0.15) is 22.1 Å². The van der Waals surface area contributed by atoms with Crippen LogP contribution < -0.4 is 9.13 Å². The summed E-state index contributed by atoms with van der Waals surface area (Å²) in [6.45, 7) is 8.85. The van der Waals surface area contributed by atoms with E-state index in [4.69, 9.17) is 0 Å². The minimum atomic E-state index is 0.869. The number of pyridine rings is 2. The maximum absolute atomic E-state index is 2.44. The van der Waals surface area contributed by atoms with Gasteiger partial charge in [0.05, 0.1) is 26.5 Å². The van der Waals surface area contributed by atoms with Crippen LogP contribution in [0, 0.1) is 27.7 Å². The number of fused-ring (bicyclic) bond motifs is 6. The van der Waals surface area contributed by atoms with Crippen LogP contribution in [0.25, 0.3) is 55.2 Å². The zero-order chi connectivity index (χ0) is 31.0. The van der Waals surface area contributed by atoms with Gasteiger partial charge in [0.15, 0.2) is 0 Å². The lowest BCUT2D eigenvalue weighted by atomic mass is 10.0. The fourth-order valence-electron chi connectivity index (χ4n) is 7.46. The highest BCUT2D eigenvalue weighted by Crippen LogP contribution is 2.35. The normalized spacial score (nSPS) is 11.9. The van der Waals surface area contributed by atoms with E-state index in [9.17, 15) is 0 Å². The Morgan fingerprint density at radius 3 is 1.82 bits per heavy atom. The molecular weight excluding hydrogens is 548 g/mol. The van der Waals surface area contributed by atoms with Crippen molar-refractivity contribution >= 4 is 43.6 Å². The molecule has 220 valence electrons. The van der Waals surface area contributed by atoms with Crippen LogP contribution in [0.2, 0.25) is 0 Å². The second-order valence-electron chi connectivity index (χ2n) is 12.8. The fraction of sp³-hybridized carbons (Fsp3) is 0.171. The molecule has 0 bridgehead atoms. The summed E-state index contributed by atoms with van der Waals surface area (Å²) in [6, 6.07) is 35.8. The van der Waals surface area contributed by atoms with Gasteiger partial charge in [0.2, 0.25) is 0 Å². The molecule has 8 rings (SSSR count). The summed E-state index contributed by atoms with van der Waals surface area (Å²) >= 11 is 0. The Morgan fingerprint density at radius 1 is 0.467 bits per heavy atom. The second-order valence-corrected chi connectivity index (χ2v) is 12.8. The molecule has 8 aromatic rings. The molecule has 0 unspecified atom stereocenters. The molecule has 0 amide bonds. The van der Waals surface area contributed by atoms with E-state index in [2.05, 4.69) is 170 Å². The largest absolute Gasteiger partial charge is 0.286 e. The molecule has 45 heavy (non-hydrogen) atoms. The Kier molecular flexibility index (Phi) is 6.18. The van der Waals surface area contributed by atoms with Crippen molar-refractivity contribution in [3.05, 3.63) is 143 Å². The molecule has 0 radical (unpaired) electrons. The van der Waals surface area contributed by atoms with Gasteiger partial charge in [-0.3, -0.25) is 0 Å². The van der Waals surface area contributed by atoms with E-state index in [-0.39, 0.29) is 0 Å². The first kappa shape index (κ1) is 27.3. The molecule has 0 atom stereocenters. The predicted octanol–water partition coefficient (Wildman–Crippen LogP) is 8.35. The first-order valence-corrected chi connectivity index (χ1v) is 15.8. The van der Waals surface area contributed by atoms with Crippen molar-refractivity contribution in [1.82, 2.24) is 9.13 Å². The van der Waals surface area contributed by atoms with Crippen molar-refractivity contribution in [1.29, 1.82) is 0 Å². The van der Waals surface area contributed by atoms with Gasteiger partial charge in [-0.15, -0.1) is 0 Å². The molecule has 4 aromatic heterocycles. The third kappa shape index (κ3) is 4.20. The summed E-state index contributed by atoms with van der Waals surface area (Å²) in [5.41, 5.74) is 12.8. The summed E-state index contributed by atoms with van der Waals surface area (Å²) in [6.07, 6.45) is 5.40. The van der Waals surface area contributed by atoms with Gasteiger partial charge >= 0.3 is 0 Å². The lowest BCUT2D eigenvalue weighted by Crippen LogP contribution is -2.34. The standard InChI is InChI=1S/C41H38N4/c1-26-12-11-15-34-32-13-7-9-16-36(32)44(40(26)34)38-19-18-30(25-43(38)6)22-31-20-28(3)41-35(23-31)33-14-8-10-17-37(33)45(41)39-21-27(2)29(4)24-42(39)5/h7-21,23-25H,22H2,1-6H3/q+2. The minimum absolute atomic E-state index is 0.869. The van der Waals surface area contributed by atoms with E-state index >= 15 is 0 Å². The van der Waals surface area contributed by atoms with Gasteiger partial charge in [-0.25, -0.2) is 9.13 Å². The molecular formula is C41H38N4+2. The Morgan fingerprint density at radius 2 is 1.09 bits per heavy atom. The fourth-order valence-corrected chi connectivity index (χ4v) is 7.46. The number of rotatable bonds is 4. The number of hydrogen-bond donors (Lipinski definition) is 0. The molecule has 4 heterocycles. The number of hydrogen-bond acceptors (Lipinski definition) is 0. The van der Waals surface area contributed by atoms with Crippen LogP contribution in [0.1, 0.15) is 33.4 Å². The van der Waals surface area contributed by atoms with E-state index < -0.39 is 0 Å². The van der Waals surface area contributed by atoms with Crippen molar-refractivity contribution in [2.24, 2.45) is 14.1 Å². The summed E-state index contributed by atoms with van der Waals surface area (Å²) in [4.78, 5) is 0. The lowest BCUT2D eigenvalue weighted by Gasteiger charge is -2.10. The molecule has 0 spiro atoms. The Hall–Kier alpha value is -5.22. The van der Waals surface area contributed by atoms with Gasteiger partial charge in [0, 0.05) is 40.1 Å². The van der Waals surface area contributed by atoms with Gasteiger partial charge < -0.3 is 0 Å². The monoisotopic (exact) mass is 586 g/mol. The first-order chi connectivity index (χ1) is 21.8. The van der Waals surface area contributed by atoms with Crippen LogP contribution in [0.5, 0.6) is 0 Å². The average molecular weight is 587 g/mol. The second kappa shape index (κ2) is 10.2. The highest BCUT2D eigenvalue weighted by molar-refractivity contribution is 6.11. The molecule has 0 N–H and O–H groups in total. The van der Waals surface area contributed by atoms with E-state index in [1.54, 1.807) is 0 Å². The van der Waals surface area contributed by atoms with E-state index in [0.717, 1.165) is 12.2 Å². The Labute approximate surface area is 264 Å². The molecule has 0 saturated heterocycles. The number of para-hydroxylation sites is 3. The summed E-state index contributed by atoms with van der Waals surface area (Å²) in [7, 11) is 4.32. The molecule has 0 fully saturated rings. The molecule has 0 aliphatic heterocycles. The van der Waals surface area contributed by atoms with E-state index in [0.29, 0.717) is 0 Å². The van der Waals surface area contributed by atoms with Gasteiger partial charge in [-0.1, -0.05) is 42.5 Å². The third-order valence-electron chi connectivity index (χ3n) is 9.67. The summed E-state index contributed by atoms with van der Waals surface area (Å²) in [5, 5.41) is 5.18. The Balaban J connectivity index is 1.24. The molecule has 0 aliphatic carbocycles. The smallest absolute Gasteiger partial charge is 0.236 e. The minimum Gasteiger partial charge on any atom is -0.236 e. The summed E-state index contributed by atoms with van der Waals surface area (Å²) < 4.78 is 9.40. The SMILES string of the molecule is Cc1cc(-n2c3ccccc3c3cc(Cc4ccc(-n5c6ccccc6c6cccc(C)c65)[n+](C)c4)cc(C)c32)[n+](C)cc1C. The van der Waals surface area contributed by atoms with Crippen molar-refractivity contribution < 1.29 is 9.13 Å². The average Bonchev–Trinajstić information content (AvgIpc) is 3.54. The zero-order valence-corrected chi connectivity index (χ0v) is 26.9. The van der Waals surface area contributed by atoms with Crippen molar-refractivity contribution in [3.8, 4) is 11.6 Å². The number of aromatic nitrogens is 4. The molecule has 4 nitrogen and oxygen atoms in total. The molecule has 0 saturated carbocycles. The molecule has 0 aliphatic rings. The maximum atomic E-state index is 2.44. The maximum Gasteiger partial charge on any atom is 0.286 e. The van der Waals surface area contributed by atoms with E-state index in [1.165, 1.54) is 82.8 Å². The van der Waals surface area contributed by atoms with E-state index in [1.807, 2.05) is 0 Å². The van der Waals surface area contributed by atoms with Crippen LogP contribution in [0.4, 0.5) is 0 Å². The number of aryl methyl sites for hydroxylation is 6. The van der Waals surface area contributed by atoms with Crippen molar-refractivity contribution in [3.63, 3.8) is 0 Å².